The minimum absolute atomic E-state index is 0. The zero-order chi connectivity index (χ0) is 22.3. The van der Waals surface area contributed by atoms with Crippen LogP contribution in [0.25, 0.3) is 0 Å². The van der Waals surface area contributed by atoms with Crippen LogP contribution in [0.5, 0.6) is 0 Å². The maximum atomic E-state index is 12.6. The zero-order valence-electron chi connectivity index (χ0n) is 19.1. The Balaban J connectivity index is 0.00000363. The molecule has 0 radical (unpaired) electrons. The van der Waals surface area contributed by atoms with Crippen LogP contribution in [0.4, 0.5) is 13.2 Å². The van der Waals surface area contributed by atoms with E-state index in [1.165, 1.54) is 17.7 Å². The molecule has 1 amide bonds. The molecule has 0 aromatic heterocycles. The van der Waals surface area contributed by atoms with Crippen LogP contribution in [0, 0.1) is 11.8 Å². The summed E-state index contributed by atoms with van der Waals surface area (Å²) in [6, 6.07) is 0.216. The third-order valence-corrected chi connectivity index (χ3v) is 6.81. The fourth-order valence-corrected chi connectivity index (χ4v) is 5.07. The van der Waals surface area contributed by atoms with Crippen LogP contribution in [0.3, 0.4) is 0 Å². The highest BCUT2D eigenvalue weighted by Gasteiger charge is 2.33. The summed E-state index contributed by atoms with van der Waals surface area (Å²) in [5, 5.41) is 6.76. The van der Waals surface area contributed by atoms with E-state index in [1.54, 1.807) is 0 Å². The van der Waals surface area contributed by atoms with E-state index >= 15 is 0 Å². The Kier molecular flexibility index (Phi) is 11.3. The average Bonchev–Trinajstić information content (AvgIpc) is 3.40. The number of halogens is 4. The van der Waals surface area contributed by atoms with Crippen LogP contribution in [-0.2, 0) is 4.79 Å². The second-order valence-electron chi connectivity index (χ2n) is 9.28. The van der Waals surface area contributed by atoms with Crippen molar-refractivity contribution in [2.75, 3.05) is 45.8 Å². The van der Waals surface area contributed by atoms with Gasteiger partial charge in [0, 0.05) is 38.1 Å². The topological polar surface area (TPSA) is 60.0 Å². The van der Waals surface area contributed by atoms with Crippen molar-refractivity contribution in [1.82, 2.24) is 20.4 Å². The number of alkyl halides is 3. The van der Waals surface area contributed by atoms with E-state index < -0.39 is 12.7 Å². The lowest BCUT2D eigenvalue weighted by atomic mass is 9.93. The molecule has 1 atom stereocenters. The molecule has 6 nitrogen and oxygen atoms in total. The van der Waals surface area contributed by atoms with Crippen LogP contribution in [-0.4, -0.2) is 79.7 Å². The molecule has 2 aliphatic heterocycles. The van der Waals surface area contributed by atoms with Crippen molar-refractivity contribution in [2.24, 2.45) is 16.8 Å². The maximum absolute atomic E-state index is 12.6. The molecule has 0 aromatic carbocycles. The summed E-state index contributed by atoms with van der Waals surface area (Å²) in [6.45, 7) is 5.22. The highest BCUT2D eigenvalue weighted by Crippen LogP contribution is 2.28. The fourth-order valence-electron chi connectivity index (χ4n) is 5.07. The molecule has 3 aliphatic rings. The van der Waals surface area contributed by atoms with Gasteiger partial charge in [0.15, 0.2) is 5.96 Å². The molecule has 186 valence electrons. The highest BCUT2D eigenvalue weighted by atomic mass is 127. The second kappa shape index (κ2) is 13.2. The lowest BCUT2D eigenvalue weighted by Crippen LogP contribution is -2.45. The van der Waals surface area contributed by atoms with Gasteiger partial charge < -0.3 is 15.5 Å². The third-order valence-electron chi connectivity index (χ3n) is 6.81. The number of nitrogens with zero attached hydrogens (tertiary/aromatic N) is 3. The van der Waals surface area contributed by atoms with Gasteiger partial charge in [0.25, 0.3) is 0 Å². The van der Waals surface area contributed by atoms with Gasteiger partial charge in [0.05, 0.1) is 6.54 Å². The summed E-state index contributed by atoms with van der Waals surface area (Å²) in [7, 11) is 0. The SMILES string of the molecule is CCNC(=NCCC1CCN(CC(F)(F)F)CC1)NC1CCN(C(=O)C2CCCC2)C1.I. The van der Waals surface area contributed by atoms with Gasteiger partial charge in [-0.25, -0.2) is 0 Å². The van der Waals surface area contributed by atoms with Gasteiger partial charge in [-0.3, -0.25) is 14.7 Å². The number of carbonyl (C=O) groups is 1. The molecule has 2 N–H and O–H groups in total. The molecule has 3 fully saturated rings. The lowest BCUT2D eigenvalue weighted by molar-refractivity contribution is -0.148. The number of rotatable bonds is 7. The molecule has 2 saturated heterocycles. The largest absolute Gasteiger partial charge is 0.401 e. The Morgan fingerprint density at radius 2 is 1.75 bits per heavy atom. The molecule has 1 aliphatic carbocycles. The van der Waals surface area contributed by atoms with Gasteiger partial charge in [-0.15, -0.1) is 24.0 Å². The van der Waals surface area contributed by atoms with Crippen molar-refractivity contribution < 1.29 is 18.0 Å². The standard InChI is InChI=1S/C22H38F3N5O.HI/c1-2-26-21(27-11-7-17-8-12-29(13-9-17)16-22(23,24)25)28-19-10-14-30(15-19)20(31)18-5-3-4-6-18;/h17-19H,2-16H2,1H3,(H2,26,27,28);1H. The normalized spacial score (nSPS) is 23.9. The van der Waals surface area contributed by atoms with Gasteiger partial charge in [-0.1, -0.05) is 12.8 Å². The first-order chi connectivity index (χ1) is 14.8. The van der Waals surface area contributed by atoms with E-state index in [4.69, 9.17) is 4.99 Å². The number of likely N-dealkylation sites (tertiary alicyclic amines) is 2. The van der Waals surface area contributed by atoms with Gasteiger partial charge in [0.1, 0.15) is 0 Å². The van der Waals surface area contributed by atoms with Gasteiger partial charge in [-0.05, 0) is 64.5 Å². The van der Waals surface area contributed by atoms with Crippen molar-refractivity contribution >= 4 is 35.8 Å². The van der Waals surface area contributed by atoms with E-state index in [0.717, 1.165) is 64.1 Å². The van der Waals surface area contributed by atoms with Crippen molar-refractivity contribution in [2.45, 2.75) is 70.5 Å². The first-order valence-electron chi connectivity index (χ1n) is 12.0. The number of nitrogens with one attached hydrogen (secondary N) is 2. The molecule has 0 bridgehead atoms. The molecule has 32 heavy (non-hydrogen) atoms. The number of piperidine rings is 1. The monoisotopic (exact) mass is 573 g/mol. The van der Waals surface area contributed by atoms with Gasteiger partial charge in [0.2, 0.25) is 5.91 Å². The number of guanidine groups is 1. The zero-order valence-corrected chi connectivity index (χ0v) is 21.5. The lowest BCUT2D eigenvalue weighted by Gasteiger charge is -2.32. The van der Waals surface area contributed by atoms with Crippen molar-refractivity contribution in [3.63, 3.8) is 0 Å². The van der Waals surface area contributed by atoms with Gasteiger partial charge >= 0.3 is 6.18 Å². The minimum Gasteiger partial charge on any atom is -0.357 e. The van der Waals surface area contributed by atoms with E-state index in [0.29, 0.717) is 31.5 Å². The van der Waals surface area contributed by atoms with Crippen molar-refractivity contribution in [3.05, 3.63) is 0 Å². The summed E-state index contributed by atoms with van der Waals surface area (Å²) in [5.41, 5.74) is 0. The number of hydrogen-bond donors (Lipinski definition) is 2. The van der Waals surface area contributed by atoms with E-state index in [9.17, 15) is 18.0 Å². The van der Waals surface area contributed by atoms with Crippen LogP contribution in [0.1, 0.15) is 58.3 Å². The molecule has 1 unspecified atom stereocenters. The van der Waals surface area contributed by atoms with E-state index in [1.807, 2.05) is 11.8 Å². The second-order valence-corrected chi connectivity index (χ2v) is 9.28. The molecule has 3 rings (SSSR count). The summed E-state index contributed by atoms with van der Waals surface area (Å²) in [5.74, 6) is 1.75. The van der Waals surface area contributed by atoms with Crippen LogP contribution in [0.2, 0.25) is 0 Å². The molecular weight excluding hydrogens is 534 g/mol. The number of amides is 1. The van der Waals surface area contributed by atoms with Crippen LogP contribution >= 0.6 is 24.0 Å². The summed E-state index contributed by atoms with van der Waals surface area (Å²) >= 11 is 0. The predicted octanol–water partition coefficient (Wildman–Crippen LogP) is 3.62. The van der Waals surface area contributed by atoms with Gasteiger partial charge in [-0.2, -0.15) is 13.2 Å². The summed E-state index contributed by atoms with van der Waals surface area (Å²) < 4.78 is 37.6. The molecule has 2 heterocycles. The Labute approximate surface area is 207 Å². The quantitative estimate of drug-likeness (QED) is 0.278. The van der Waals surface area contributed by atoms with Crippen LogP contribution in [0.15, 0.2) is 4.99 Å². The first kappa shape index (κ1) is 27.5. The molecule has 10 heteroatoms. The maximum Gasteiger partial charge on any atom is 0.401 e. The summed E-state index contributed by atoms with van der Waals surface area (Å²) in [4.78, 5) is 20.8. The third kappa shape index (κ3) is 8.87. The number of hydrogen-bond acceptors (Lipinski definition) is 3. The van der Waals surface area contributed by atoms with E-state index in [2.05, 4.69) is 10.6 Å². The van der Waals surface area contributed by atoms with Crippen LogP contribution < -0.4 is 10.6 Å². The van der Waals surface area contributed by atoms with Crippen molar-refractivity contribution in [3.8, 4) is 0 Å². The molecule has 1 saturated carbocycles. The highest BCUT2D eigenvalue weighted by molar-refractivity contribution is 14.0. The number of carbonyl (C=O) groups excluding carboxylic acids is 1. The molecule has 0 spiro atoms. The fraction of sp³-hybridized carbons (Fsp3) is 0.909. The number of aliphatic imine (C=N–C) groups is 1. The minimum atomic E-state index is -4.11. The summed E-state index contributed by atoms with van der Waals surface area (Å²) in [6.07, 6.45) is 3.73. The Morgan fingerprint density at radius 3 is 2.38 bits per heavy atom. The van der Waals surface area contributed by atoms with Crippen molar-refractivity contribution in [1.29, 1.82) is 0 Å². The average molecular weight is 573 g/mol. The molecule has 0 aromatic rings. The smallest absolute Gasteiger partial charge is 0.357 e. The van der Waals surface area contributed by atoms with E-state index in [-0.39, 0.29) is 35.9 Å². The first-order valence-corrected chi connectivity index (χ1v) is 12.0. The Hall–Kier alpha value is -0.780. The molecular formula is C22H39F3IN5O. The Morgan fingerprint density at radius 1 is 1.06 bits per heavy atom. The Bertz CT molecular complexity index is 605. The predicted molar refractivity (Wildman–Crippen MR) is 131 cm³/mol.